The number of sulfone groups is 1. The van der Waals surface area contributed by atoms with Crippen LogP contribution in [-0.2, 0) is 16.0 Å². The summed E-state index contributed by atoms with van der Waals surface area (Å²) >= 11 is 0. The monoisotopic (exact) mass is 418 g/mol. The SMILES string of the molecule is O=C(c1cnc(NC23CCC(CC2)C3)nc1C(F)(F)F)N1CCS(=O)(=O)CC1. The van der Waals surface area contributed by atoms with Crippen LogP contribution in [0.25, 0.3) is 0 Å². The van der Waals surface area contributed by atoms with Gasteiger partial charge in [-0.2, -0.15) is 13.2 Å². The topological polar surface area (TPSA) is 92.3 Å². The van der Waals surface area contributed by atoms with Crippen molar-refractivity contribution < 1.29 is 26.4 Å². The van der Waals surface area contributed by atoms with Gasteiger partial charge in [0.2, 0.25) is 5.95 Å². The molecule has 0 unspecified atom stereocenters. The minimum atomic E-state index is -4.82. The maximum atomic E-state index is 13.6. The summed E-state index contributed by atoms with van der Waals surface area (Å²) in [4.78, 5) is 21.3. The average Bonchev–Trinajstić information content (AvgIpc) is 3.21. The van der Waals surface area contributed by atoms with Crippen LogP contribution in [0.4, 0.5) is 19.1 Å². The van der Waals surface area contributed by atoms with E-state index < -0.39 is 33.2 Å². The molecular weight excluding hydrogens is 397 g/mol. The second kappa shape index (κ2) is 6.57. The average molecular weight is 418 g/mol. The number of hydrogen-bond donors (Lipinski definition) is 1. The predicted octanol–water partition coefficient (Wildman–Crippen LogP) is 2.11. The van der Waals surface area contributed by atoms with Crippen LogP contribution in [0, 0.1) is 5.92 Å². The Hall–Kier alpha value is -1.91. The van der Waals surface area contributed by atoms with E-state index in [1.165, 1.54) is 0 Å². The van der Waals surface area contributed by atoms with E-state index in [1.807, 2.05) is 0 Å². The van der Waals surface area contributed by atoms with Gasteiger partial charge in [0.15, 0.2) is 15.5 Å². The molecule has 3 aliphatic rings. The fourth-order valence-corrected chi connectivity index (χ4v) is 5.71. The number of nitrogens with zero attached hydrogens (tertiary/aromatic N) is 3. The van der Waals surface area contributed by atoms with Gasteiger partial charge < -0.3 is 10.2 Å². The van der Waals surface area contributed by atoms with Gasteiger partial charge >= 0.3 is 6.18 Å². The highest BCUT2D eigenvalue weighted by Gasteiger charge is 2.46. The zero-order chi connectivity index (χ0) is 20.2. The number of halogens is 3. The zero-order valence-electron chi connectivity index (χ0n) is 15.1. The lowest BCUT2D eigenvalue weighted by Gasteiger charge is -2.29. The first-order chi connectivity index (χ1) is 13.1. The highest BCUT2D eigenvalue weighted by Crippen LogP contribution is 2.49. The molecule has 2 heterocycles. The summed E-state index contributed by atoms with van der Waals surface area (Å²) in [6.45, 7) is -0.272. The molecule has 2 aliphatic carbocycles. The van der Waals surface area contributed by atoms with Crippen LogP contribution in [0.5, 0.6) is 0 Å². The number of alkyl halides is 3. The highest BCUT2D eigenvalue weighted by molar-refractivity contribution is 7.91. The molecule has 1 aromatic rings. The molecule has 0 radical (unpaired) electrons. The van der Waals surface area contributed by atoms with Gasteiger partial charge in [0.25, 0.3) is 5.91 Å². The van der Waals surface area contributed by atoms with Crippen molar-refractivity contribution in [2.45, 2.75) is 43.8 Å². The van der Waals surface area contributed by atoms with Crippen molar-refractivity contribution in [3.05, 3.63) is 17.5 Å². The number of nitrogens with one attached hydrogen (secondary N) is 1. The standard InChI is InChI=1S/C17H21F3N4O3S/c18-17(19,20)13-12(14(25)24-5-7-28(26,27)8-6-24)10-21-15(22-13)23-16-3-1-11(9-16)2-4-16/h10-11H,1-9H2,(H,21,22,23). The fourth-order valence-electron chi connectivity index (χ4n) is 4.50. The van der Waals surface area contributed by atoms with Gasteiger partial charge in [-0.3, -0.25) is 4.79 Å². The second-order valence-electron chi connectivity index (χ2n) is 7.95. The number of fused-ring (bicyclic) bond motifs is 2. The molecular formula is C17H21F3N4O3S. The summed E-state index contributed by atoms with van der Waals surface area (Å²) in [6, 6.07) is 0. The first-order valence-electron chi connectivity index (χ1n) is 9.29. The molecule has 0 spiro atoms. The Balaban J connectivity index is 1.60. The summed E-state index contributed by atoms with van der Waals surface area (Å²) in [5, 5.41) is 3.09. The number of amides is 1. The van der Waals surface area contributed by atoms with Gasteiger partial charge in [0.05, 0.1) is 17.1 Å². The zero-order valence-corrected chi connectivity index (χ0v) is 15.9. The van der Waals surface area contributed by atoms with Crippen LogP contribution in [0.15, 0.2) is 6.20 Å². The summed E-state index contributed by atoms with van der Waals surface area (Å²) in [5.41, 5.74) is -2.18. The third-order valence-electron chi connectivity index (χ3n) is 6.04. The number of carbonyl (C=O) groups is 1. The minimum absolute atomic E-state index is 0.118. The van der Waals surface area contributed by atoms with Gasteiger partial charge in [-0.05, 0) is 38.0 Å². The minimum Gasteiger partial charge on any atom is -0.349 e. The third kappa shape index (κ3) is 3.68. The Kier molecular flexibility index (Phi) is 4.55. The van der Waals surface area contributed by atoms with Crippen molar-refractivity contribution in [2.75, 3.05) is 29.9 Å². The Morgan fingerprint density at radius 1 is 1.21 bits per heavy atom. The molecule has 4 rings (SSSR count). The molecule has 2 bridgehead atoms. The van der Waals surface area contributed by atoms with Gasteiger partial charge in [0, 0.05) is 24.8 Å². The first kappa shape index (κ1) is 19.4. The van der Waals surface area contributed by atoms with E-state index in [2.05, 4.69) is 15.3 Å². The summed E-state index contributed by atoms with van der Waals surface area (Å²) in [6.07, 6.45) is 0.845. The van der Waals surface area contributed by atoms with E-state index in [9.17, 15) is 26.4 Å². The summed E-state index contributed by atoms with van der Waals surface area (Å²) in [5.74, 6) is -0.929. The van der Waals surface area contributed by atoms with Crippen LogP contribution < -0.4 is 5.32 Å². The molecule has 1 aromatic heterocycles. The number of anilines is 1. The summed E-state index contributed by atoms with van der Waals surface area (Å²) < 4.78 is 63.8. The molecule has 7 nitrogen and oxygen atoms in total. The molecule has 2 saturated carbocycles. The van der Waals surface area contributed by atoms with Crippen molar-refractivity contribution in [3.8, 4) is 0 Å². The Morgan fingerprint density at radius 3 is 2.39 bits per heavy atom. The molecule has 0 aromatic carbocycles. The van der Waals surface area contributed by atoms with Crippen LogP contribution in [0.3, 0.4) is 0 Å². The van der Waals surface area contributed by atoms with Gasteiger partial charge in [0.1, 0.15) is 0 Å². The van der Waals surface area contributed by atoms with Crippen molar-refractivity contribution >= 4 is 21.7 Å². The molecule has 1 aliphatic heterocycles. The fraction of sp³-hybridized carbons (Fsp3) is 0.706. The Labute approximate surface area is 160 Å². The number of aromatic nitrogens is 2. The molecule has 1 amide bonds. The molecule has 3 fully saturated rings. The molecule has 28 heavy (non-hydrogen) atoms. The normalized spacial score (nSPS) is 29.1. The van der Waals surface area contributed by atoms with Gasteiger partial charge in [-0.15, -0.1) is 0 Å². The van der Waals surface area contributed by atoms with Crippen molar-refractivity contribution in [3.63, 3.8) is 0 Å². The smallest absolute Gasteiger partial charge is 0.349 e. The quantitative estimate of drug-likeness (QED) is 0.808. The maximum Gasteiger partial charge on any atom is 0.434 e. The van der Waals surface area contributed by atoms with Crippen molar-refractivity contribution in [2.24, 2.45) is 5.92 Å². The lowest BCUT2D eigenvalue weighted by atomic mass is 9.94. The van der Waals surface area contributed by atoms with Crippen molar-refractivity contribution in [1.29, 1.82) is 0 Å². The molecule has 0 atom stereocenters. The van der Waals surface area contributed by atoms with Crippen molar-refractivity contribution in [1.82, 2.24) is 14.9 Å². The molecule has 1 saturated heterocycles. The molecule has 1 N–H and O–H groups in total. The Bertz CT molecular complexity index is 881. The lowest BCUT2D eigenvalue weighted by Crippen LogP contribution is -2.44. The van der Waals surface area contributed by atoms with E-state index in [4.69, 9.17) is 0 Å². The summed E-state index contributed by atoms with van der Waals surface area (Å²) in [7, 11) is -3.25. The Morgan fingerprint density at radius 2 is 1.86 bits per heavy atom. The van der Waals surface area contributed by atoms with E-state index in [0.717, 1.165) is 43.2 Å². The van der Waals surface area contributed by atoms with E-state index in [0.29, 0.717) is 5.92 Å². The largest absolute Gasteiger partial charge is 0.434 e. The molecule has 154 valence electrons. The second-order valence-corrected chi connectivity index (χ2v) is 10.3. The van der Waals surface area contributed by atoms with E-state index >= 15 is 0 Å². The third-order valence-corrected chi connectivity index (χ3v) is 7.65. The highest BCUT2D eigenvalue weighted by atomic mass is 32.2. The maximum absolute atomic E-state index is 13.6. The van der Waals surface area contributed by atoms with Crippen LogP contribution >= 0.6 is 0 Å². The lowest BCUT2D eigenvalue weighted by molar-refractivity contribution is -0.141. The van der Waals surface area contributed by atoms with E-state index in [-0.39, 0.29) is 36.1 Å². The van der Waals surface area contributed by atoms with Gasteiger partial charge in [-0.25, -0.2) is 18.4 Å². The van der Waals surface area contributed by atoms with Crippen LogP contribution in [-0.4, -0.2) is 59.3 Å². The first-order valence-corrected chi connectivity index (χ1v) is 11.1. The molecule has 11 heteroatoms. The van der Waals surface area contributed by atoms with Crippen LogP contribution in [0.1, 0.15) is 48.2 Å². The van der Waals surface area contributed by atoms with E-state index in [1.54, 1.807) is 0 Å². The number of hydrogen-bond acceptors (Lipinski definition) is 6. The number of carbonyl (C=O) groups excluding carboxylic acids is 1. The number of rotatable bonds is 3. The van der Waals surface area contributed by atoms with Gasteiger partial charge in [-0.1, -0.05) is 0 Å². The van der Waals surface area contributed by atoms with Crippen LogP contribution in [0.2, 0.25) is 0 Å². The predicted molar refractivity (Wildman–Crippen MR) is 94.5 cm³/mol.